The van der Waals surface area contributed by atoms with Gasteiger partial charge in [-0.15, -0.1) is 0 Å². The van der Waals surface area contributed by atoms with Gasteiger partial charge < -0.3 is 5.32 Å². The van der Waals surface area contributed by atoms with Gasteiger partial charge in [-0.25, -0.2) is 9.97 Å². The van der Waals surface area contributed by atoms with Gasteiger partial charge in [0.1, 0.15) is 16.8 Å². The van der Waals surface area contributed by atoms with Crippen LogP contribution >= 0.6 is 11.6 Å². The quantitative estimate of drug-likeness (QED) is 0.861. The summed E-state index contributed by atoms with van der Waals surface area (Å²) in [5, 5.41) is 3.67. The highest BCUT2D eigenvalue weighted by molar-refractivity contribution is 6.29. The Labute approximate surface area is 111 Å². The molecule has 4 nitrogen and oxygen atoms in total. The van der Waals surface area contributed by atoms with Crippen LogP contribution in [0.1, 0.15) is 24.1 Å². The topological polar surface area (TPSA) is 50.7 Å². The monoisotopic (exact) mass is 262 g/mol. The molecule has 2 heterocycles. The van der Waals surface area contributed by atoms with Crippen LogP contribution in [0.15, 0.2) is 24.3 Å². The summed E-state index contributed by atoms with van der Waals surface area (Å²) in [4.78, 5) is 12.9. The smallest absolute Gasteiger partial charge is 0.134 e. The Kier molecular flexibility index (Phi) is 4.10. The summed E-state index contributed by atoms with van der Waals surface area (Å²) in [6, 6.07) is 7.66. The molecule has 0 atom stereocenters. The molecule has 0 fully saturated rings. The molecule has 0 unspecified atom stereocenters. The number of hydrogen-bond donors (Lipinski definition) is 1. The lowest BCUT2D eigenvalue weighted by molar-refractivity contribution is 0.925. The molecule has 0 saturated heterocycles. The number of nitrogens with one attached hydrogen (secondary N) is 1. The van der Waals surface area contributed by atoms with E-state index in [-0.39, 0.29) is 0 Å². The van der Waals surface area contributed by atoms with Crippen LogP contribution in [0.25, 0.3) is 0 Å². The fraction of sp³-hybridized carbons (Fsp3) is 0.308. The molecule has 0 aromatic carbocycles. The minimum absolute atomic E-state index is 0.460. The highest BCUT2D eigenvalue weighted by Gasteiger charge is 2.02. The van der Waals surface area contributed by atoms with Gasteiger partial charge in [0.05, 0.1) is 12.2 Å². The van der Waals surface area contributed by atoms with Crippen molar-refractivity contribution in [1.82, 2.24) is 15.0 Å². The number of pyridine rings is 1. The molecular weight excluding hydrogens is 248 g/mol. The van der Waals surface area contributed by atoms with Crippen LogP contribution in [0.5, 0.6) is 0 Å². The summed E-state index contributed by atoms with van der Waals surface area (Å²) >= 11 is 5.93. The summed E-state index contributed by atoms with van der Waals surface area (Å²) in [5.41, 5.74) is 1.98. The molecule has 0 aliphatic carbocycles. The Bertz CT molecular complexity index is 542. The highest BCUT2D eigenvalue weighted by atomic mass is 35.5. The maximum atomic E-state index is 5.93. The van der Waals surface area contributed by atoms with Crippen molar-refractivity contribution in [2.24, 2.45) is 0 Å². The van der Waals surface area contributed by atoms with Crippen LogP contribution < -0.4 is 5.32 Å². The van der Waals surface area contributed by atoms with E-state index in [0.717, 1.165) is 29.5 Å². The molecule has 2 rings (SSSR count). The molecule has 0 bridgehead atoms. The van der Waals surface area contributed by atoms with Gasteiger partial charge in [0, 0.05) is 18.2 Å². The predicted octanol–water partition coefficient (Wildman–Crippen LogP) is 3.01. The first-order valence-corrected chi connectivity index (χ1v) is 6.25. The van der Waals surface area contributed by atoms with Crippen molar-refractivity contribution >= 4 is 17.4 Å². The van der Waals surface area contributed by atoms with E-state index in [0.29, 0.717) is 11.7 Å². The van der Waals surface area contributed by atoms with Gasteiger partial charge in [0.15, 0.2) is 0 Å². The Morgan fingerprint density at radius 1 is 1.22 bits per heavy atom. The van der Waals surface area contributed by atoms with E-state index in [9.17, 15) is 0 Å². The number of rotatable bonds is 4. The third-order valence-corrected chi connectivity index (χ3v) is 2.65. The molecule has 1 N–H and O–H groups in total. The third-order valence-electron chi connectivity index (χ3n) is 2.45. The molecule has 0 aliphatic rings. The number of aromatic nitrogens is 3. The third kappa shape index (κ3) is 3.40. The maximum Gasteiger partial charge on any atom is 0.134 e. The van der Waals surface area contributed by atoms with Crippen LogP contribution in [-0.4, -0.2) is 15.0 Å². The standard InChI is InChI=1S/C13H15ClN4/c1-3-12-17-11(14)7-13(18-12)15-8-10-6-4-5-9(2)16-10/h4-7H,3,8H2,1-2H3,(H,15,17,18). The van der Waals surface area contributed by atoms with Gasteiger partial charge in [-0.2, -0.15) is 0 Å². The summed E-state index contributed by atoms with van der Waals surface area (Å²) in [6.07, 6.45) is 0.762. The van der Waals surface area contributed by atoms with Gasteiger partial charge in [0.2, 0.25) is 0 Å². The second-order valence-corrected chi connectivity index (χ2v) is 4.36. The van der Waals surface area contributed by atoms with E-state index in [2.05, 4.69) is 20.3 Å². The second-order valence-electron chi connectivity index (χ2n) is 3.97. The van der Waals surface area contributed by atoms with Crippen LogP contribution in [-0.2, 0) is 13.0 Å². The van der Waals surface area contributed by atoms with Gasteiger partial charge >= 0.3 is 0 Å². The fourth-order valence-corrected chi connectivity index (χ4v) is 1.79. The van der Waals surface area contributed by atoms with Crippen molar-refractivity contribution in [1.29, 1.82) is 0 Å². The van der Waals surface area contributed by atoms with E-state index in [4.69, 9.17) is 11.6 Å². The molecular formula is C13H15ClN4. The molecule has 2 aromatic heterocycles. The minimum atomic E-state index is 0.460. The van der Waals surface area contributed by atoms with E-state index < -0.39 is 0 Å². The summed E-state index contributed by atoms with van der Waals surface area (Å²) in [7, 11) is 0. The lowest BCUT2D eigenvalue weighted by Gasteiger charge is -2.07. The van der Waals surface area contributed by atoms with Gasteiger partial charge in [0.25, 0.3) is 0 Å². The van der Waals surface area contributed by atoms with Crippen molar-refractivity contribution in [3.63, 3.8) is 0 Å². The first-order chi connectivity index (χ1) is 8.67. The lowest BCUT2D eigenvalue weighted by Crippen LogP contribution is -2.05. The molecule has 5 heteroatoms. The zero-order chi connectivity index (χ0) is 13.0. The summed E-state index contributed by atoms with van der Waals surface area (Å²) in [5.74, 6) is 1.47. The number of halogens is 1. The Hall–Kier alpha value is -1.68. The Morgan fingerprint density at radius 2 is 2.06 bits per heavy atom. The van der Waals surface area contributed by atoms with Crippen LogP contribution in [0.4, 0.5) is 5.82 Å². The summed E-state index contributed by atoms with van der Waals surface area (Å²) in [6.45, 7) is 4.59. The van der Waals surface area contributed by atoms with Crippen molar-refractivity contribution in [2.75, 3.05) is 5.32 Å². The average Bonchev–Trinajstić information content (AvgIpc) is 2.36. The zero-order valence-corrected chi connectivity index (χ0v) is 11.2. The number of anilines is 1. The SMILES string of the molecule is CCc1nc(Cl)cc(NCc2cccc(C)n2)n1. The average molecular weight is 263 g/mol. The van der Waals surface area contributed by atoms with Crippen LogP contribution in [0, 0.1) is 6.92 Å². The predicted molar refractivity (Wildman–Crippen MR) is 72.7 cm³/mol. The molecule has 2 aromatic rings. The first kappa shape index (κ1) is 12.8. The number of hydrogen-bond acceptors (Lipinski definition) is 4. The van der Waals surface area contributed by atoms with E-state index in [1.165, 1.54) is 0 Å². The molecule has 0 amide bonds. The van der Waals surface area contributed by atoms with E-state index >= 15 is 0 Å². The van der Waals surface area contributed by atoms with Gasteiger partial charge in [-0.1, -0.05) is 24.6 Å². The van der Waals surface area contributed by atoms with Crippen molar-refractivity contribution < 1.29 is 0 Å². The normalized spacial score (nSPS) is 10.4. The fourth-order valence-electron chi connectivity index (χ4n) is 1.59. The molecule has 0 aliphatic heterocycles. The highest BCUT2D eigenvalue weighted by Crippen LogP contribution is 2.12. The van der Waals surface area contributed by atoms with Crippen molar-refractivity contribution in [3.05, 3.63) is 46.6 Å². The van der Waals surface area contributed by atoms with Gasteiger partial charge in [-0.3, -0.25) is 4.98 Å². The van der Waals surface area contributed by atoms with Gasteiger partial charge in [-0.05, 0) is 19.1 Å². The minimum Gasteiger partial charge on any atom is -0.364 e. The maximum absolute atomic E-state index is 5.93. The largest absolute Gasteiger partial charge is 0.364 e. The number of nitrogens with zero attached hydrogens (tertiary/aromatic N) is 3. The second kappa shape index (κ2) is 5.78. The molecule has 0 radical (unpaired) electrons. The van der Waals surface area contributed by atoms with Crippen LogP contribution in [0.3, 0.4) is 0 Å². The Morgan fingerprint density at radius 3 is 2.78 bits per heavy atom. The van der Waals surface area contributed by atoms with Crippen molar-refractivity contribution in [2.45, 2.75) is 26.8 Å². The molecule has 94 valence electrons. The van der Waals surface area contributed by atoms with E-state index in [1.54, 1.807) is 6.07 Å². The molecule has 0 spiro atoms. The summed E-state index contributed by atoms with van der Waals surface area (Å²) < 4.78 is 0. The zero-order valence-electron chi connectivity index (χ0n) is 10.4. The number of aryl methyl sites for hydroxylation is 2. The van der Waals surface area contributed by atoms with Crippen molar-refractivity contribution in [3.8, 4) is 0 Å². The van der Waals surface area contributed by atoms with Crippen LogP contribution in [0.2, 0.25) is 5.15 Å². The van der Waals surface area contributed by atoms with E-state index in [1.807, 2.05) is 32.0 Å². The Balaban J connectivity index is 2.08. The first-order valence-electron chi connectivity index (χ1n) is 5.87. The lowest BCUT2D eigenvalue weighted by atomic mass is 10.3. The molecule has 0 saturated carbocycles. The molecule has 18 heavy (non-hydrogen) atoms.